The molecule has 0 saturated carbocycles. The molecule has 0 heterocycles. The topological polar surface area (TPSA) is 95.6 Å². The Bertz CT molecular complexity index is 419. The van der Waals surface area contributed by atoms with Gasteiger partial charge in [-0.05, 0) is 41.1 Å². The summed E-state index contributed by atoms with van der Waals surface area (Å²) < 4.78 is 0.599. The summed E-state index contributed by atoms with van der Waals surface area (Å²) in [5.41, 5.74) is 5.37. The van der Waals surface area contributed by atoms with Gasteiger partial charge < -0.3 is 21.3 Å². The molecule has 94 valence electrons. The van der Waals surface area contributed by atoms with Gasteiger partial charge in [0.15, 0.2) is 0 Å². The van der Waals surface area contributed by atoms with Gasteiger partial charge in [0, 0.05) is 10.2 Å². The number of hydrogen-bond acceptors (Lipinski definition) is 4. The van der Waals surface area contributed by atoms with E-state index in [-0.39, 0.29) is 13.2 Å². The summed E-state index contributed by atoms with van der Waals surface area (Å²) in [6, 6.07) is 4.85. The molecular formula is C11H15BrN2O3. The Balaban J connectivity index is 2.94. The van der Waals surface area contributed by atoms with Crippen molar-refractivity contribution < 1.29 is 15.0 Å². The van der Waals surface area contributed by atoms with Crippen molar-refractivity contribution in [2.75, 3.05) is 18.9 Å². The molecule has 1 aromatic carbocycles. The van der Waals surface area contributed by atoms with E-state index in [2.05, 4.69) is 21.2 Å². The molecular weight excluding hydrogens is 288 g/mol. The summed E-state index contributed by atoms with van der Waals surface area (Å²) in [7, 11) is 0. The van der Waals surface area contributed by atoms with E-state index in [1.54, 1.807) is 19.1 Å². The maximum atomic E-state index is 11.9. The molecule has 0 fully saturated rings. The Morgan fingerprint density at radius 3 is 2.59 bits per heavy atom. The third-order valence-electron chi connectivity index (χ3n) is 2.35. The highest BCUT2D eigenvalue weighted by molar-refractivity contribution is 9.10. The number of halogens is 1. The van der Waals surface area contributed by atoms with Gasteiger partial charge in [-0.2, -0.15) is 0 Å². The second kappa shape index (κ2) is 5.48. The van der Waals surface area contributed by atoms with Gasteiger partial charge in [-0.3, -0.25) is 4.79 Å². The molecule has 0 radical (unpaired) electrons. The molecule has 0 aliphatic heterocycles. The third kappa shape index (κ3) is 3.42. The molecule has 5 nitrogen and oxygen atoms in total. The van der Waals surface area contributed by atoms with Gasteiger partial charge in [0.05, 0.1) is 24.3 Å². The smallest absolute Gasteiger partial charge is 0.253 e. The number of rotatable bonds is 4. The van der Waals surface area contributed by atoms with Crippen molar-refractivity contribution in [3.8, 4) is 0 Å². The van der Waals surface area contributed by atoms with Crippen molar-refractivity contribution in [2.45, 2.75) is 12.5 Å². The van der Waals surface area contributed by atoms with Crippen LogP contribution < -0.4 is 11.1 Å². The van der Waals surface area contributed by atoms with Crippen LogP contribution in [0, 0.1) is 0 Å². The Hall–Kier alpha value is -1.11. The number of benzene rings is 1. The van der Waals surface area contributed by atoms with E-state index in [0.29, 0.717) is 15.7 Å². The zero-order valence-corrected chi connectivity index (χ0v) is 11.0. The second-order valence-corrected chi connectivity index (χ2v) is 4.92. The summed E-state index contributed by atoms with van der Waals surface area (Å²) in [4.78, 5) is 11.9. The van der Waals surface area contributed by atoms with Gasteiger partial charge in [-0.1, -0.05) is 0 Å². The van der Waals surface area contributed by atoms with Gasteiger partial charge >= 0.3 is 0 Å². The minimum atomic E-state index is -1.05. The molecule has 0 aliphatic rings. The van der Waals surface area contributed by atoms with Crippen LogP contribution in [-0.2, 0) is 0 Å². The summed E-state index contributed by atoms with van der Waals surface area (Å²) in [6.45, 7) is 0.843. The number of nitrogens with one attached hydrogen (secondary N) is 1. The number of anilines is 1. The normalized spacial score (nSPS) is 11.3. The summed E-state index contributed by atoms with van der Waals surface area (Å²) in [6.07, 6.45) is 0. The Kier molecular flexibility index (Phi) is 4.50. The van der Waals surface area contributed by atoms with Gasteiger partial charge in [0.1, 0.15) is 0 Å². The van der Waals surface area contributed by atoms with Crippen LogP contribution in [0.4, 0.5) is 5.69 Å². The summed E-state index contributed by atoms with van der Waals surface area (Å²) >= 11 is 3.24. The minimum Gasteiger partial charge on any atom is -0.399 e. The number of aliphatic hydroxyl groups is 2. The third-order valence-corrected chi connectivity index (χ3v) is 3.04. The molecule has 1 amide bonds. The first-order valence-electron chi connectivity index (χ1n) is 5.01. The number of carbonyl (C=O) groups is 1. The van der Waals surface area contributed by atoms with Crippen LogP contribution in [0.5, 0.6) is 0 Å². The van der Waals surface area contributed by atoms with Crippen molar-refractivity contribution in [3.63, 3.8) is 0 Å². The van der Waals surface area contributed by atoms with Crippen molar-refractivity contribution in [1.29, 1.82) is 0 Å². The molecule has 0 spiro atoms. The number of aliphatic hydroxyl groups excluding tert-OH is 2. The zero-order chi connectivity index (χ0) is 13.1. The summed E-state index contributed by atoms with van der Waals surface area (Å²) in [5.74, 6) is -0.408. The van der Waals surface area contributed by atoms with Crippen LogP contribution in [-0.4, -0.2) is 34.9 Å². The maximum absolute atomic E-state index is 11.9. The second-order valence-electron chi connectivity index (χ2n) is 4.07. The maximum Gasteiger partial charge on any atom is 0.253 e. The van der Waals surface area contributed by atoms with E-state index in [1.807, 2.05) is 0 Å². The fourth-order valence-corrected chi connectivity index (χ4v) is 1.61. The lowest BCUT2D eigenvalue weighted by atomic mass is 10.0. The molecule has 1 rings (SSSR count). The van der Waals surface area contributed by atoms with E-state index in [4.69, 9.17) is 15.9 Å². The van der Waals surface area contributed by atoms with Gasteiger partial charge in [-0.25, -0.2) is 0 Å². The van der Waals surface area contributed by atoms with Crippen LogP contribution in [0.25, 0.3) is 0 Å². The molecule has 1 aromatic rings. The predicted octanol–water partition coefficient (Wildman–Crippen LogP) is 0.504. The highest BCUT2D eigenvalue weighted by Crippen LogP contribution is 2.20. The lowest BCUT2D eigenvalue weighted by Gasteiger charge is -2.26. The monoisotopic (exact) mass is 302 g/mol. The number of nitrogen functional groups attached to an aromatic ring is 1. The van der Waals surface area contributed by atoms with Crippen LogP contribution in [0.3, 0.4) is 0 Å². The fourth-order valence-electron chi connectivity index (χ4n) is 1.19. The van der Waals surface area contributed by atoms with Crippen molar-refractivity contribution in [1.82, 2.24) is 5.32 Å². The van der Waals surface area contributed by atoms with E-state index in [0.717, 1.165) is 0 Å². The number of carbonyl (C=O) groups excluding carboxylic acids is 1. The van der Waals surface area contributed by atoms with Crippen molar-refractivity contribution in [2.24, 2.45) is 0 Å². The van der Waals surface area contributed by atoms with Crippen molar-refractivity contribution in [3.05, 3.63) is 28.2 Å². The van der Waals surface area contributed by atoms with Gasteiger partial charge in [0.25, 0.3) is 5.91 Å². The quantitative estimate of drug-likeness (QED) is 0.609. The van der Waals surface area contributed by atoms with E-state index < -0.39 is 11.4 Å². The number of amides is 1. The molecule has 5 N–H and O–H groups in total. The van der Waals surface area contributed by atoms with E-state index >= 15 is 0 Å². The molecule has 6 heteroatoms. The average molecular weight is 303 g/mol. The summed E-state index contributed by atoms with van der Waals surface area (Å²) in [5, 5.41) is 20.7. The largest absolute Gasteiger partial charge is 0.399 e. The van der Waals surface area contributed by atoms with E-state index in [9.17, 15) is 4.79 Å². The van der Waals surface area contributed by atoms with Gasteiger partial charge in [0.2, 0.25) is 0 Å². The Morgan fingerprint density at radius 2 is 2.06 bits per heavy atom. The van der Waals surface area contributed by atoms with Crippen LogP contribution >= 0.6 is 15.9 Å². The first-order valence-corrected chi connectivity index (χ1v) is 5.80. The van der Waals surface area contributed by atoms with E-state index in [1.165, 1.54) is 6.07 Å². The highest BCUT2D eigenvalue weighted by Gasteiger charge is 2.25. The minimum absolute atomic E-state index is 0.352. The first kappa shape index (κ1) is 14.0. The lowest BCUT2D eigenvalue weighted by molar-refractivity contribution is 0.0723. The number of hydrogen-bond donors (Lipinski definition) is 4. The van der Waals surface area contributed by atoms with Crippen molar-refractivity contribution >= 4 is 27.5 Å². The predicted molar refractivity (Wildman–Crippen MR) is 68.6 cm³/mol. The molecule has 0 saturated heterocycles. The SMILES string of the molecule is CC(CO)(CO)NC(=O)c1cc(N)ccc1Br. The molecule has 0 atom stereocenters. The Morgan fingerprint density at radius 1 is 1.47 bits per heavy atom. The van der Waals surface area contributed by atoms with Crippen LogP contribution in [0.2, 0.25) is 0 Å². The molecule has 0 aliphatic carbocycles. The molecule has 17 heavy (non-hydrogen) atoms. The zero-order valence-electron chi connectivity index (χ0n) is 9.40. The lowest BCUT2D eigenvalue weighted by Crippen LogP contribution is -2.51. The molecule has 0 bridgehead atoms. The van der Waals surface area contributed by atoms with Crippen LogP contribution in [0.15, 0.2) is 22.7 Å². The molecule has 0 unspecified atom stereocenters. The first-order chi connectivity index (χ1) is 7.91. The van der Waals surface area contributed by atoms with Gasteiger partial charge in [-0.15, -0.1) is 0 Å². The number of nitrogens with two attached hydrogens (primary N) is 1. The Labute approximate surface area is 108 Å². The molecule has 0 aromatic heterocycles. The fraction of sp³-hybridized carbons (Fsp3) is 0.364. The van der Waals surface area contributed by atoms with Crippen LogP contribution in [0.1, 0.15) is 17.3 Å². The average Bonchev–Trinajstić information content (AvgIpc) is 2.32. The highest BCUT2D eigenvalue weighted by atomic mass is 79.9. The standard InChI is InChI=1S/C11H15BrN2O3/c1-11(5-15,6-16)14-10(17)8-4-7(13)2-3-9(8)12/h2-4,15-16H,5-6,13H2,1H3,(H,14,17).